The molecule has 0 bridgehead atoms. The first-order valence-electron chi connectivity index (χ1n) is 5.14. The van der Waals surface area contributed by atoms with Crippen LogP contribution in [0.4, 0.5) is 0 Å². The topological polar surface area (TPSA) is 60.2 Å². The molecule has 0 radical (unpaired) electrons. The molecule has 0 saturated carbocycles. The monoisotopic (exact) mass is 251 g/mol. The largest absolute Gasteiger partial charge is 0.440 e. The van der Waals surface area contributed by atoms with Gasteiger partial charge >= 0.3 is 0 Å². The summed E-state index contributed by atoms with van der Waals surface area (Å²) in [5.41, 5.74) is 1.92. The van der Waals surface area contributed by atoms with Gasteiger partial charge in [-0.25, -0.2) is 13.4 Å². The van der Waals surface area contributed by atoms with Gasteiger partial charge in [-0.2, -0.15) is 0 Å². The maximum Gasteiger partial charge on any atom is 0.226 e. The van der Waals surface area contributed by atoms with Crippen molar-refractivity contribution in [3.8, 4) is 11.5 Å². The van der Waals surface area contributed by atoms with Crippen LogP contribution in [0.25, 0.3) is 11.5 Å². The minimum Gasteiger partial charge on any atom is -0.440 e. The third kappa shape index (κ3) is 2.94. The number of aromatic nitrogens is 1. The van der Waals surface area contributed by atoms with E-state index in [1.54, 1.807) is 0 Å². The summed E-state index contributed by atoms with van der Waals surface area (Å²) >= 11 is 0. The molecule has 17 heavy (non-hydrogen) atoms. The summed E-state index contributed by atoms with van der Waals surface area (Å²) in [6.07, 6.45) is 2.63. The van der Waals surface area contributed by atoms with Crippen LogP contribution in [0.3, 0.4) is 0 Å². The fourth-order valence-corrected chi connectivity index (χ4v) is 2.22. The van der Waals surface area contributed by atoms with Crippen LogP contribution in [0.15, 0.2) is 34.9 Å². The zero-order valence-corrected chi connectivity index (χ0v) is 10.5. The van der Waals surface area contributed by atoms with Crippen molar-refractivity contribution >= 4 is 9.84 Å². The Kier molecular flexibility index (Phi) is 3.02. The van der Waals surface area contributed by atoms with Crippen LogP contribution in [-0.2, 0) is 15.6 Å². The first kappa shape index (κ1) is 11.9. The van der Waals surface area contributed by atoms with E-state index in [-0.39, 0.29) is 5.75 Å². The predicted octanol–water partition coefficient (Wildman–Crippen LogP) is 2.19. The number of oxazole rings is 1. The highest BCUT2D eigenvalue weighted by molar-refractivity contribution is 7.89. The van der Waals surface area contributed by atoms with Gasteiger partial charge in [0.15, 0.2) is 9.84 Å². The molecule has 0 unspecified atom stereocenters. The summed E-state index contributed by atoms with van der Waals surface area (Å²) in [4.78, 5) is 4.10. The number of nitrogens with zero attached hydrogens (tertiary/aromatic N) is 1. The molecular weight excluding hydrogens is 238 g/mol. The molecule has 1 heterocycles. The fraction of sp³-hybridized carbons (Fsp3) is 0.250. The molecular formula is C12H13NO3S. The number of rotatable bonds is 3. The molecule has 1 aromatic heterocycles. The van der Waals surface area contributed by atoms with E-state index in [1.807, 2.05) is 31.2 Å². The van der Waals surface area contributed by atoms with E-state index in [9.17, 15) is 8.42 Å². The van der Waals surface area contributed by atoms with Crippen molar-refractivity contribution in [2.24, 2.45) is 0 Å². The zero-order chi connectivity index (χ0) is 12.5. The molecule has 5 heteroatoms. The Bertz CT molecular complexity index is 629. The lowest BCUT2D eigenvalue weighted by atomic mass is 10.1. The molecule has 0 aliphatic rings. The second-order valence-corrected chi connectivity index (χ2v) is 6.16. The van der Waals surface area contributed by atoms with E-state index >= 15 is 0 Å². The molecule has 0 amide bonds. The minimum atomic E-state index is -3.09. The van der Waals surface area contributed by atoms with Gasteiger partial charge in [0.1, 0.15) is 11.5 Å². The van der Waals surface area contributed by atoms with Crippen molar-refractivity contribution < 1.29 is 12.8 Å². The van der Waals surface area contributed by atoms with E-state index in [0.717, 1.165) is 11.1 Å². The Balaban J connectivity index is 2.34. The highest BCUT2D eigenvalue weighted by Gasteiger charge is 2.12. The number of hydrogen-bond acceptors (Lipinski definition) is 4. The van der Waals surface area contributed by atoms with Crippen LogP contribution in [-0.4, -0.2) is 19.7 Å². The summed E-state index contributed by atoms with van der Waals surface area (Å²) < 4.78 is 27.7. The van der Waals surface area contributed by atoms with Gasteiger partial charge < -0.3 is 4.42 Å². The smallest absolute Gasteiger partial charge is 0.226 e. The van der Waals surface area contributed by atoms with E-state index < -0.39 is 9.84 Å². The Morgan fingerprint density at radius 2 is 2.00 bits per heavy atom. The van der Waals surface area contributed by atoms with Crippen LogP contribution in [0.2, 0.25) is 0 Å². The van der Waals surface area contributed by atoms with Crippen molar-refractivity contribution in [1.29, 1.82) is 0 Å². The number of aryl methyl sites for hydroxylation is 1. The molecule has 4 nitrogen and oxygen atoms in total. The van der Waals surface area contributed by atoms with Gasteiger partial charge in [-0.05, 0) is 18.6 Å². The summed E-state index contributed by atoms with van der Waals surface area (Å²) in [5, 5.41) is 0. The summed E-state index contributed by atoms with van der Waals surface area (Å²) in [6, 6.07) is 7.67. The third-order valence-corrected chi connectivity index (χ3v) is 3.14. The SMILES string of the molecule is Cc1ccccc1-c1ncc(CS(C)(=O)=O)o1. The maximum absolute atomic E-state index is 11.1. The van der Waals surface area contributed by atoms with Crippen molar-refractivity contribution in [3.63, 3.8) is 0 Å². The van der Waals surface area contributed by atoms with Gasteiger partial charge in [0.2, 0.25) is 5.89 Å². The van der Waals surface area contributed by atoms with Gasteiger partial charge in [-0.1, -0.05) is 18.2 Å². The summed E-state index contributed by atoms with van der Waals surface area (Å²) in [5.74, 6) is 0.707. The fourth-order valence-electron chi connectivity index (χ4n) is 1.57. The molecule has 2 rings (SSSR count). The van der Waals surface area contributed by atoms with E-state index in [0.29, 0.717) is 11.7 Å². The summed E-state index contributed by atoms with van der Waals surface area (Å²) in [7, 11) is -3.09. The third-order valence-electron chi connectivity index (χ3n) is 2.33. The Morgan fingerprint density at radius 1 is 1.29 bits per heavy atom. The highest BCUT2D eigenvalue weighted by atomic mass is 32.2. The average Bonchev–Trinajstić information content (AvgIpc) is 2.64. The molecule has 1 aromatic carbocycles. The van der Waals surface area contributed by atoms with Crippen LogP contribution < -0.4 is 0 Å². The second-order valence-electron chi connectivity index (χ2n) is 4.02. The molecule has 0 saturated heterocycles. The van der Waals surface area contributed by atoms with Gasteiger partial charge in [0.25, 0.3) is 0 Å². The lowest BCUT2D eigenvalue weighted by molar-refractivity contribution is 0.529. The van der Waals surface area contributed by atoms with Crippen LogP contribution in [0.5, 0.6) is 0 Å². The molecule has 0 aliphatic heterocycles. The van der Waals surface area contributed by atoms with Gasteiger partial charge in [0.05, 0.1) is 6.20 Å². The van der Waals surface area contributed by atoms with Gasteiger partial charge in [0, 0.05) is 11.8 Å². The predicted molar refractivity (Wildman–Crippen MR) is 65.2 cm³/mol. The Morgan fingerprint density at radius 3 is 2.65 bits per heavy atom. The lowest BCUT2D eigenvalue weighted by Gasteiger charge is -1.99. The van der Waals surface area contributed by atoms with E-state index in [4.69, 9.17) is 4.42 Å². The van der Waals surface area contributed by atoms with E-state index in [2.05, 4.69) is 4.98 Å². The molecule has 2 aromatic rings. The first-order chi connectivity index (χ1) is 7.96. The Hall–Kier alpha value is -1.62. The average molecular weight is 251 g/mol. The Labute approximate surface area is 100 Å². The van der Waals surface area contributed by atoms with Crippen molar-refractivity contribution in [3.05, 3.63) is 41.8 Å². The van der Waals surface area contributed by atoms with Crippen molar-refractivity contribution in [1.82, 2.24) is 4.98 Å². The van der Waals surface area contributed by atoms with Crippen molar-refractivity contribution in [2.45, 2.75) is 12.7 Å². The minimum absolute atomic E-state index is 0.119. The van der Waals surface area contributed by atoms with E-state index in [1.165, 1.54) is 12.5 Å². The molecule has 0 N–H and O–H groups in total. The lowest BCUT2D eigenvalue weighted by Crippen LogP contribution is -1.98. The standard InChI is InChI=1S/C12H13NO3S/c1-9-5-3-4-6-11(9)12-13-7-10(16-12)8-17(2,14)15/h3-7H,8H2,1-2H3. The zero-order valence-electron chi connectivity index (χ0n) is 9.67. The van der Waals surface area contributed by atoms with Crippen LogP contribution in [0, 0.1) is 6.92 Å². The first-order valence-corrected chi connectivity index (χ1v) is 7.20. The number of sulfone groups is 1. The molecule has 90 valence electrons. The van der Waals surface area contributed by atoms with Gasteiger partial charge in [-0.15, -0.1) is 0 Å². The van der Waals surface area contributed by atoms with Crippen LogP contribution >= 0.6 is 0 Å². The quantitative estimate of drug-likeness (QED) is 0.839. The number of hydrogen-bond donors (Lipinski definition) is 0. The molecule has 0 spiro atoms. The molecule has 0 aliphatic carbocycles. The molecule has 0 fully saturated rings. The summed E-state index contributed by atoms with van der Waals surface area (Å²) in [6.45, 7) is 1.95. The maximum atomic E-state index is 11.1. The number of benzene rings is 1. The van der Waals surface area contributed by atoms with Gasteiger partial charge in [-0.3, -0.25) is 0 Å². The normalized spacial score (nSPS) is 11.6. The molecule has 0 atom stereocenters. The second kappa shape index (κ2) is 4.33. The van der Waals surface area contributed by atoms with Crippen molar-refractivity contribution in [2.75, 3.05) is 6.26 Å². The van der Waals surface area contributed by atoms with Crippen LogP contribution in [0.1, 0.15) is 11.3 Å². The highest BCUT2D eigenvalue weighted by Crippen LogP contribution is 2.23.